The van der Waals surface area contributed by atoms with Gasteiger partial charge < -0.3 is 4.84 Å². The number of hydrogen-bond donors (Lipinski definition) is 0. The monoisotopic (exact) mass is 227 g/mol. The average molecular weight is 228 g/mol. The van der Waals surface area contributed by atoms with Crippen molar-refractivity contribution in [2.75, 3.05) is 0 Å². The second-order valence-electron chi connectivity index (χ2n) is 5.39. The van der Waals surface area contributed by atoms with Crippen molar-refractivity contribution in [1.29, 1.82) is 0 Å². The molecule has 0 aromatic carbocycles. The molecule has 3 heteroatoms. The summed E-state index contributed by atoms with van der Waals surface area (Å²) in [4.78, 5) is 5.40. The molecule has 2 saturated carbocycles. The fourth-order valence-corrected chi connectivity index (χ4v) is 3.67. The normalized spacial score (nSPS) is 45.3. The van der Waals surface area contributed by atoms with Gasteiger partial charge in [-0.3, -0.25) is 0 Å². The molecule has 0 radical (unpaired) electrons. The molecule has 1 heterocycles. The van der Waals surface area contributed by atoms with E-state index in [1.807, 2.05) is 6.92 Å². The molecule has 0 amide bonds. The lowest BCUT2D eigenvalue weighted by molar-refractivity contribution is 0.0854. The maximum absolute atomic E-state index is 6.04. The van der Waals surface area contributed by atoms with Gasteiger partial charge in [-0.2, -0.15) is 0 Å². The Morgan fingerprint density at radius 2 is 2.27 bits per heavy atom. The van der Waals surface area contributed by atoms with Crippen LogP contribution in [0.1, 0.15) is 39.0 Å². The molecule has 0 spiro atoms. The first-order valence-electron chi connectivity index (χ1n) is 6.10. The Balaban J connectivity index is 1.65. The molecular weight excluding hydrogens is 210 g/mol. The van der Waals surface area contributed by atoms with E-state index in [2.05, 4.69) is 5.16 Å². The molecule has 0 saturated heterocycles. The van der Waals surface area contributed by atoms with Gasteiger partial charge in [0, 0.05) is 12.3 Å². The number of fused-ring (bicyclic) bond motifs is 2. The maximum atomic E-state index is 6.04. The fourth-order valence-electron chi connectivity index (χ4n) is 3.53. The van der Waals surface area contributed by atoms with E-state index in [9.17, 15) is 0 Å². The van der Waals surface area contributed by atoms with Crippen LogP contribution in [0, 0.1) is 17.8 Å². The van der Waals surface area contributed by atoms with Crippen molar-refractivity contribution in [1.82, 2.24) is 0 Å². The van der Waals surface area contributed by atoms with Crippen LogP contribution in [0.4, 0.5) is 0 Å². The number of halogens is 1. The Bertz CT molecular complexity index is 289. The predicted octanol–water partition coefficient (Wildman–Crippen LogP) is 3.19. The Labute approximate surface area is 96.0 Å². The topological polar surface area (TPSA) is 21.6 Å². The quantitative estimate of drug-likeness (QED) is 0.664. The van der Waals surface area contributed by atoms with Gasteiger partial charge in [0.1, 0.15) is 6.10 Å². The molecular formula is C12H18ClNO. The van der Waals surface area contributed by atoms with Crippen LogP contribution in [0.5, 0.6) is 0 Å². The Hall–Kier alpha value is -0.240. The van der Waals surface area contributed by atoms with E-state index in [-0.39, 0.29) is 11.5 Å². The number of nitrogens with zero attached hydrogens (tertiary/aromatic N) is 1. The summed E-state index contributed by atoms with van der Waals surface area (Å²) in [6.45, 7) is 1.99. The van der Waals surface area contributed by atoms with Crippen LogP contribution in [0.2, 0.25) is 0 Å². The lowest BCUT2D eigenvalue weighted by atomic mass is 9.83. The highest BCUT2D eigenvalue weighted by Gasteiger charge is 2.44. The second kappa shape index (κ2) is 3.65. The van der Waals surface area contributed by atoms with Crippen LogP contribution in [0.15, 0.2) is 5.16 Å². The largest absolute Gasteiger partial charge is 0.391 e. The van der Waals surface area contributed by atoms with E-state index in [4.69, 9.17) is 16.4 Å². The third kappa shape index (κ3) is 1.67. The molecule has 84 valence electrons. The van der Waals surface area contributed by atoms with Crippen LogP contribution in [-0.2, 0) is 4.84 Å². The van der Waals surface area contributed by atoms with Gasteiger partial charge in [0.2, 0.25) is 0 Å². The van der Waals surface area contributed by atoms with Gasteiger partial charge in [-0.1, -0.05) is 11.6 Å². The zero-order valence-corrected chi connectivity index (χ0v) is 9.91. The van der Waals surface area contributed by atoms with E-state index in [0.29, 0.717) is 0 Å². The molecule has 3 aliphatic rings. The van der Waals surface area contributed by atoms with Crippen LogP contribution >= 0.6 is 11.6 Å². The minimum absolute atomic E-state index is 0.0739. The highest BCUT2D eigenvalue weighted by molar-refractivity contribution is 6.21. The minimum atomic E-state index is 0.0739. The molecule has 0 aromatic rings. The van der Waals surface area contributed by atoms with Crippen molar-refractivity contribution in [3.05, 3.63) is 0 Å². The van der Waals surface area contributed by atoms with Gasteiger partial charge in [0.15, 0.2) is 0 Å². The van der Waals surface area contributed by atoms with Gasteiger partial charge in [0.25, 0.3) is 0 Å². The van der Waals surface area contributed by atoms with E-state index < -0.39 is 0 Å². The molecule has 2 aliphatic carbocycles. The molecule has 15 heavy (non-hydrogen) atoms. The Kier molecular flexibility index (Phi) is 2.42. The SMILES string of the molecule is CC(Cl)C1CC(C2CC3CCC2C3)=NO1. The highest BCUT2D eigenvalue weighted by atomic mass is 35.5. The molecule has 5 atom stereocenters. The van der Waals surface area contributed by atoms with Crippen molar-refractivity contribution in [3.8, 4) is 0 Å². The average Bonchev–Trinajstić information content (AvgIpc) is 2.93. The van der Waals surface area contributed by atoms with Crippen molar-refractivity contribution >= 4 is 17.3 Å². The van der Waals surface area contributed by atoms with Crippen LogP contribution in [0.25, 0.3) is 0 Å². The summed E-state index contributed by atoms with van der Waals surface area (Å²) in [5.41, 5.74) is 1.31. The molecule has 2 fully saturated rings. The molecule has 0 N–H and O–H groups in total. The standard InChI is InChI=1S/C12H18ClNO/c1-7(13)12-6-11(14-15-12)10-5-8-2-3-9(10)4-8/h7-10,12H,2-6H2,1H3. The Morgan fingerprint density at radius 3 is 2.80 bits per heavy atom. The first-order valence-corrected chi connectivity index (χ1v) is 6.54. The number of rotatable bonds is 2. The molecule has 1 aliphatic heterocycles. The fraction of sp³-hybridized carbons (Fsp3) is 0.917. The zero-order valence-electron chi connectivity index (χ0n) is 9.16. The van der Waals surface area contributed by atoms with Crippen molar-refractivity contribution < 1.29 is 4.84 Å². The molecule has 5 unspecified atom stereocenters. The smallest absolute Gasteiger partial charge is 0.148 e. The van der Waals surface area contributed by atoms with Crippen LogP contribution in [-0.4, -0.2) is 17.2 Å². The lowest BCUT2D eigenvalue weighted by Gasteiger charge is -2.20. The zero-order chi connectivity index (χ0) is 10.4. The van der Waals surface area contributed by atoms with Gasteiger partial charge in [-0.15, -0.1) is 11.6 Å². The van der Waals surface area contributed by atoms with Crippen LogP contribution in [0.3, 0.4) is 0 Å². The highest BCUT2D eigenvalue weighted by Crippen LogP contribution is 2.49. The van der Waals surface area contributed by atoms with Gasteiger partial charge >= 0.3 is 0 Å². The van der Waals surface area contributed by atoms with Crippen LogP contribution < -0.4 is 0 Å². The summed E-state index contributed by atoms with van der Waals surface area (Å²) < 4.78 is 0. The van der Waals surface area contributed by atoms with E-state index in [1.54, 1.807) is 0 Å². The van der Waals surface area contributed by atoms with Crippen molar-refractivity contribution in [2.24, 2.45) is 22.9 Å². The first kappa shape index (κ1) is 9.95. The molecule has 2 bridgehead atoms. The summed E-state index contributed by atoms with van der Waals surface area (Å²) in [6.07, 6.45) is 6.75. The van der Waals surface area contributed by atoms with Gasteiger partial charge in [-0.25, -0.2) is 0 Å². The summed E-state index contributed by atoms with van der Waals surface area (Å²) in [5.74, 6) is 2.61. The third-order valence-corrected chi connectivity index (χ3v) is 4.68. The number of oxime groups is 1. The second-order valence-corrected chi connectivity index (χ2v) is 6.08. The number of hydrogen-bond acceptors (Lipinski definition) is 2. The van der Waals surface area contributed by atoms with Gasteiger partial charge in [-0.05, 0) is 38.0 Å². The first-order chi connectivity index (χ1) is 7.24. The summed E-state index contributed by atoms with van der Waals surface area (Å²) in [7, 11) is 0. The van der Waals surface area contributed by atoms with E-state index >= 15 is 0 Å². The van der Waals surface area contributed by atoms with Gasteiger partial charge in [0.05, 0.1) is 11.1 Å². The lowest BCUT2D eigenvalue weighted by Crippen LogP contribution is -2.24. The molecule has 3 rings (SSSR count). The maximum Gasteiger partial charge on any atom is 0.148 e. The molecule has 2 nitrogen and oxygen atoms in total. The summed E-state index contributed by atoms with van der Waals surface area (Å²) >= 11 is 6.04. The summed E-state index contributed by atoms with van der Waals surface area (Å²) in [5, 5.41) is 4.35. The Morgan fingerprint density at radius 1 is 1.40 bits per heavy atom. The summed E-state index contributed by atoms with van der Waals surface area (Å²) in [6, 6.07) is 0. The molecule has 0 aromatic heterocycles. The van der Waals surface area contributed by atoms with E-state index in [0.717, 1.165) is 24.2 Å². The van der Waals surface area contributed by atoms with Crippen molar-refractivity contribution in [2.45, 2.75) is 50.5 Å². The number of alkyl halides is 1. The van der Waals surface area contributed by atoms with E-state index in [1.165, 1.54) is 31.4 Å². The minimum Gasteiger partial charge on any atom is -0.391 e. The van der Waals surface area contributed by atoms with Crippen molar-refractivity contribution in [3.63, 3.8) is 0 Å². The predicted molar refractivity (Wildman–Crippen MR) is 61.2 cm³/mol. The third-order valence-electron chi connectivity index (χ3n) is 4.39.